The van der Waals surface area contributed by atoms with Crippen LogP contribution < -0.4 is 10.6 Å². The van der Waals surface area contributed by atoms with E-state index in [4.69, 9.17) is 11.0 Å². The number of alkyl halides is 1. The summed E-state index contributed by atoms with van der Waals surface area (Å²) in [5, 5.41) is 13.2. The van der Waals surface area contributed by atoms with Crippen LogP contribution in [-0.4, -0.2) is 33.2 Å². The SMILES string of the molecule is N#Cc1cnn2ccc(N3C[C@@H](F)C[C@@H]3c3cc(F)cc(C(N)=O)c3)nc12. The van der Waals surface area contributed by atoms with Gasteiger partial charge in [-0.05, 0) is 29.8 Å². The van der Waals surface area contributed by atoms with E-state index in [-0.39, 0.29) is 18.5 Å². The lowest BCUT2D eigenvalue weighted by Crippen LogP contribution is -2.25. The second-order valence-corrected chi connectivity index (χ2v) is 6.36. The van der Waals surface area contributed by atoms with Gasteiger partial charge in [0.05, 0.1) is 18.8 Å². The molecule has 1 saturated heterocycles. The topological polar surface area (TPSA) is 100 Å². The molecular formula is C18H14F2N6O. The molecule has 0 saturated carbocycles. The molecule has 0 radical (unpaired) electrons. The van der Waals surface area contributed by atoms with Crippen molar-refractivity contribution in [3.05, 3.63) is 59.2 Å². The largest absolute Gasteiger partial charge is 0.366 e. The molecule has 1 aliphatic rings. The Bertz CT molecular complexity index is 1090. The zero-order valence-corrected chi connectivity index (χ0v) is 14.0. The normalized spacial score (nSPS) is 19.4. The molecule has 0 bridgehead atoms. The number of nitriles is 1. The van der Waals surface area contributed by atoms with Crippen molar-refractivity contribution in [3.63, 3.8) is 0 Å². The molecule has 0 unspecified atom stereocenters. The first-order valence-electron chi connectivity index (χ1n) is 8.22. The Morgan fingerprint density at radius 1 is 1.37 bits per heavy atom. The van der Waals surface area contributed by atoms with E-state index in [9.17, 15) is 13.6 Å². The Labute approximate surface area is 152 Å². The molecule has 2 atom stereocenters. The quantitative estimate of drug-likeness (QED) is 0.763. The van der Waals surface area contributed by atoms with Gasteiger partial charge >= 0.3 is 0 Å². The fraction of sp³-hybridized carbons (Fsp3) is 0.222. The van der Waals surface area contributed by atoms with Crippen molar-refractivity contribution in [2.75, 3.05) is 11.4 Å². The van der Waals surface area contributed by atoms with Gasteiger partial charge < -0.3 is 10.6 Å². The number of primary amides is 1. The first-order valence-corrected chi connectivity index (χ1v) is 8.22. The molecule has 1 aromatic carbocycles. The maximum atomic E-state index is 14.2. The number of aromatic nitrogens is 3. The van der Waals surface area contributed by atoms with Crippen LogP contribution >= 0.6 is 0 Å². The number of nitrogens with two attached hydrogens (primary N) is 1. The molecular weight excluding hydrogens is 354 g/mol. The Balaban J connectivity index is 1.78. The molecule has 1 amide bonds. The van der Waals surface area contributed by atoms with Gasteiger partial charge in [0.25, 0.3) is 0 Å². The number of hydrogen-bond donors (Lipinski definition) is 1. The molecule has 2 N–H and O–H groups in total. The summed E-state index contributed by atoms with van der Waals surface area (Å²) in [6.07, 6.45) is 2.01. The van der Waals surface area contributed by atoms with Crippen molar-refractivity contribution in [2.24, 2.45) is 5.73 Å². The highest BCUT2D eigenvalue weighted by Crippen LogP contribution is 2.37. The number of amides is 1. The van der Waals surface area contributed by atoms with E-state index in [1.165, 1.54) is 22.8 Å². The number of anilines is 1. The molecule has 2 aromatic heterocycles. The number of hydrogen-bond acceptors (Lipinski definition) is 5. The Kier molecular flexibility index (Phi) is 3.96. The van der Waals surface area contributed by atoms with Gasteiger partial charge in [-0.1, -0.05) is 0 Å². The number of carbonyl (C=O) groups excluding carboxylic acids is 1. The third kappa shape index (κ3) is 2.95. The van der Waals surface area contributed by atoms with Gasteiger partial charge in [0.2, 0.25) is 5.91 Å². The van der Waals surface area contributed by atoms with Crippen LogP contribution in [-0.2, 0) is 0 Å². The van der Waals surface area contributed by atoms with Crippen LogP contribution in [0.25, 0.3) is 5.65 Å². The lowest BCUT2D eigenvalue weighted by atomic mass is 10.0. The van der Waals surface area contributed by atoms with Gasteiger partial charge in [0.15, 0.2) is 5.65 Å². The van der Waals surface area contributed by atoms with E-state index in [0.717, 1.165) is 6.07 Å². The van der Waals surface area contributed by atoms with E-state index < -0.39 is 23.9 Å². The molecule has 4 rings (SSSR count). The number of nitrogens with zero attached hydrogens (tertiary/aromatic N) is 5. The zero-order valence-electron chi connectivity index (χ0n) is 14.0. The number of carbonyl (C=O) groups is 1. The summed E-state index contributed by atoms with van der Waals surface area (Å²) in [4.78, 5) is 17.6. The minimum Gasteiger partial charge on any atom is -0.366 e. The maximum absolute atomic E-state index is 14.2. The summed E-state index contributed by atoms with van der Waals surface area (Å²) in [7, 11) is 0. The molecule has 7 nitrogen and oxygen atoms in total. The van der Waals surface area contributed by atoms with Crippen molar-refractivity contribution in [3.8, 4) is 6.07 Å². The third-order valence-corrected chi connectivity index (χ3v) is 4.61. The highest BCUT2D eigenvalue weighted by molar-refractivity contribution is 5.93. The first-order chi connectivity index (χ1) is 13.0. The molecule has 1 fully saturated rings. The summed E-state index contributed by atoms with van der Waals surface area (Å²) in [5.74, 6) is -0.932. The van der Waals surface area contributed by atoms with E-state index in [1.54, 1.807) is 17.2 Å². The van der Waals surface area contributed by atoms with Gasteiger partial charge in [-0.2, -0.15) is 10.4 Å². The second-order valence-electron chi connectivity index (χ2n) is 6.36. The van der Waals surface area contributed by atoms with Gasteiger partial charge in [-0.25, -0.2) is 18.3 Å². The number of rotatable bonds is 3. The summed E-state index contributed by atoms with van der Waals surface area (Å²) in [6.45, 7) is 0.0618. The van der Waals surface area contributed by atoms with Crippen molar-refractivity contribution >= 4 is 17.4 Å². The fourth-order valence-corrected chi connectivity index (χ4v) is 3.40. The van der Waals surface area contributed by atoms with E-state index in [0.29, 0.717) is 22.6 Å². The third-order valence-electron chi connectivity index (χ3n) is 4.61. The molecule has 0 spiro atoms. The van der Waals surface area contributed by atoms with E-state index in [2.05, 4.69) is 10.1 Å². The summed E-state index contributed by atoms with van der Waals surface area (Å²) in [6, 6.07) is 6.93. The number of fused-ring (bicyclic) bond motifs is 1. The van der Waals surface area contributed by atoms with Crippen molar-refractivity contribution < 1.29 is 13.6 Å². The molecule has 136 valence electrons. The molecule has 0 aliphatic carbocycles. The van der Waals surface area contributed by atoms with Gasteiger partial charge in [0.1, 0.15) is 29.4 Å². The van der Waals surface area contributed by atoms with Gasteiger partial charge in [0, 0.05) is 18.2 Å². The van der Waals surface area contributed by atoms with E-state index >= 15 is 0 Å². The average Bonchev–Trinajstić information content (AvgIpc) is 3.23. The Morgan fingerprint density at radius 3 is 2.93 bits per heavy atom. The molecule has 3 aromatic rings. The lowest BCUT2D eigenvalue weighted by Gasteiger charge is -2.26. The van der Waals surface area contributed by atoms with Crippen molar-refractivity contribution in [1.82, 2.24) is 14.6 Å². The fourth-order valence-electron chi connectivity index (χ4n) is 3.40. The summed E-state index contributed by atoms with van der Waals surface area (Å²) >= 11 is 0. The standard InChI is InChI=1S/C18H14F2N6O/c19-13-4-10(3-11(5-13)17(22)27)15-6-14(20)9-25(15)16-1-2-26-18(24-16)12(7-21)8-23-26/h1-5,8,14-15H,6,9H2,(H2,22,27)/t14-,15+/m0/s1. The van der Waals surface area contributed by atoms with Crippen LogP contribution in [0.5, 0.6) is 0 Å². The van der Waals surface area contributed by atoms with Gasteiger partial charge in [-0.15, -0.1) is 0 Å². The Morgan fingerprint density at radius 2 is 2.19 bits per heavy atom. The van der Waals surface area contributed by atoms with Gasteiger partial charge in [-0.3, -0.25) is 4.79 Å². The van der Waals surface area contributed by atoms with Crippen LogP contribution in [0.15, 0.2) is 36.7 Å². The minimum absolute atomic E-state index is 0.0261. The van der Waals surface area contributed by atoms with Crippen molar-refractivity contribution in [1.29, 1.82) is 5.26 Å². The molecule has 3 heterocycles. The lowest BCUT2D eigenvalue weighted by molar-refractivity contribution is 0.0999. The predicted molar refractivity (Wildman–Crippen MR) is 92.2 cm³/mol. The highest BCUT2D eigenvalue weighted by atomic mass is 19.1. The molecule has 27 heavy (non-hydrogen) atoms. The smallest absolute Gasteiger partial charge is 0.248 e. The van der Waals surface area contributed by atoms with Crippen LogP contribution in [0.2, 0.25) is 0 Å². The monoisotopic (exact) mass is 368 g/mol. The maximum Gasteiger partial charge on any atom is 0.248 e. The van der Waals surface area contributed by atoms with Crippen LogP contribution in [0.1, 0.15) is 33.9 Å². The molecule has 9 heteroatoms. The summed E-state index contributed by atoms with van der Waals surface area (Å²) < 4.78 is 29.6. The number of benzene rings is 1. The summed E-state index contributed by atoms with van der Waals surface area (Å²) in [5.41, 5.74) is 6.38. The predicted octanol–water partition coefficient (Wildman–Crippen LogP) is 2.13. The zero-order chi connectivity index (χ0) is 19.1. The van der Waals surface area contributed by atoms with Crippen LogP contribution in [0.3, 0.4) is 0 Å². The first kappa shape index (κ1) is 16.9. The van der Waals surface area contributed by atoms with Crippen LogP contribution in [0, 0.1) is 17.1 Å². The van der Waals surface area contributed by atoms with E-state index in [1.807, 2.05) is 6.07 Å². The Hall–Kier alpha value is -3.54. The average molecular weight is 368 g/mol. The number of halogens is 2. The molecule has 1 aliphatic heterocycles. The van der Waals surface area contributed by atoms with Crippen molar-refractivity contribution in [2.45, 2.75) is 18.6 Å². The minimum atomic E-state index is -1.14. The second kappa shape index (κ2) is 6.32. The van der Waals surface area contributed by atoms with Crippen LogP contribution in [0.4, 0.5) is 14.6 Å². The highest BCUT2D eigenvalue weighted by Gasteiger charge is 2.35.